The van der Waals surface area contributed by atoms with Gasteiger partial charge in [-0.3, -0.25) is 4.98 Å². The molecule has 0 amide bonds. The van der Waals surface area contributed by atoms with E-state index in [1.807, 2.05) is 12.4 Å². The van der Waals surface area contributed by atoms with Gasteiger partial charge in [-0.1, -0.05) is 19.8 Å². The number of hydrogen-bond acceptors (Lipinski definition) is 2. The van der Waals surface area contributed by atoms with E-state index in [1.54, 1.807) is 0 Å². The summed E-state index contributed by atoms with van der Waals surface area (Å²) >= 11 is 0. The summed E-state index contributed by atoms with van der Waals surface area (Å²) in [6.07, 6.45) is 11.8. The highest BCUT2D eigenvalue weighted by molar-refractivity contribution is 5.11. The number of aromatic nitrogens is 1. The molecule has 17 heavy (non-hydrogen) atoms. The van der Waals surface area contributed by atoms with Gasteiger partial charge in [0.05, 0.1) is 0 Å². The zero-order valence-electron chi connectivity index (χ0n) is 10.9. The van der Waals surface area contributed by atoms with Gasteiger partial charge in [0.1, 0.15) is 0 Å². The zero-order chi connectivity index (χ0) is 11.9. The Bertz CT molecular complexity index is 310. The first-order chi connectivity index (χ1) is 8.40. The maximum absolute atomic E-state index is 4.09. The lowest BCUT2D eigenvalue weighted by Crippen LogP contribution is -2.39. The average Bonchev–Trinajstić information content (AvgIpc) is 2.39. The fourth-order valence-electron chi connectivity index (χ4n) is 2.87. The Kier molecular flexibility index (Phi) is 4.99. The average molecular weight is 232 g/mol. The van der Waals surface area contributed by atoms with Crippen LogP contribution in [-0.4, -0.2) is 17.6 Å². The molecule has 1 aromatic heterocycles. The molecule has 1 heterocycles. The van der Waals surface area contributed by atoms with E-state index in [-0.39, 0.29) is 0 Å². The zero-order valence-corrected chi connectivity index (χ0v) is 10.9. The van der Waals surface area contributed by atoms with Crippen LogP contribution in [-0.2, 0) is 6.42 Å². The molecule has 0 aliphatic heterocycles. The van der Waals surface area contributed by atoms with Gasteiger partial charge in [0.25, 0.3) is 0 Å². The summed E-state index contributed by atoms with van der Waals surface area (Å²) in [5.41, 5.74) is 1.44. The molecule has 1 saturated carbocycles. The van der Waals surface area contributed by atoms with Gasteiger partial charge in [-0.2, -0.15) is 0 Å². The van der Waals surface area contributed by atoms with Gasteiger partial charge in [0.15, 0.2) is 0 Å². The van der Waals surface area contributed by atoms with Gasteiger partial charge in [0.2, 0.25) is 0 Å². The Balaban J connectivity index is 1.92. The Morgan fingerprint density at radius 2 is 2.00 bits per heavy atom. The summed E-state index contributed by atoms with van der Waals surface area (Å²) in [7, 11) is 0. The first kappa shape index (κ1) is 12.6. The highest BCUT2D eigenvalue weighted by Crippen LogP contribution is 2.27. The number of nitrogens with zero attached hydrogens (tertiary/aromatic N) is 1. The quantitative estimate of drug-likeness (QED) is 0.843. The van der Waals surface area contributed by atoms with Gasteiger partial charge >= 0.3 is 0 Å². The fourth-order valence-corrected chi connectivity index (χ4v) is 2.87. The third-order valence-electron chi connectivity index (χ3n) is 3.81. The summed E-state index contributed by atoms with van der Waals surface area (Å²) in [4.78, 5) is 4.09. The van der Waals surface area contributed by atoms with Crippen molar-refractivity contribution < 1.29 is 0 Å². The molecule has 1 aromatic rings. The molecule has 1 N–H and O–H groups in total. The van der Waals surface area contributed by atoms with E-state index in [9.17, 15) is 0 Å². The highest BCUT2D eigenvalue weighted by Gasteiger charge is 2.24. The van der Waals surface area contributed by atoms with Gasteiger partial charge in [-0.15, -0.1) is 0 Å². The molecule has 2 nitrogen and oxygen atoms in total. The van der Waals surface area contributed by atoms with Crippen LogP contribution in [0.3, 0.4) is 0 Å². The lowest BCUT2D eigenvalue weighted by atomic mass is 9.81. The second-order valence-corrected chi connectivity index (χ2v) is 5.16. The molecule has 2 atom stereocenters. The summed E-state index contributed by atoms with van der Waals surface area (Å²) in [6.45, 7) is 3.41. The van der Waals surface area contributed by atoms with Crippen molar-refractivity contribution in [3.8, 4) is 0 Å². The van der Waals surface area contributed by atoms with Crippen LogP contribution >= 0.6 is 0 Å². The van der Waals surface area contributed by atoms with Crippen molar-refractivity contribution in [3.05, 3.63) is 30.1 Å². The maximum atomic E-state index is 4.09. The van der Waals surface area contributed by atoms with Crippen LogP contribution in [0.15, 0.2) is 24.5 Å². The second-order valence-electron chi connectivity index (χ2n) is 5.16. The summed E-state index contributed by atoms with van der Waals surface area (Å²) in [5.74, 6) is 0.817. The first-order valence-electron chi connectivity index (χ1n) is 7.02. The van der Waals surface area contributed by atoms with Crippen LogP contribution < -0.4 is 5.32 Å². The molecule has 1 fully saturated rings. The van der Waals surface area contributed by atoms with E-state index < -0.39 is 0 Å². The predicted octanol–water partition coefficient (Wildman–Crippen LogP) is 3.18. The van der Waals surface area contributed by atoms with Crippen LogP contribution in [0, 0.1) is 5.92 Å². The largest absolute Gasteiger partial charge is 0.314 e. The maximum Gasteiger partial charge on any atom is 0.0270 e. The fraction of sp³-hybridized carbons (Fsp3) is 0.667. The second kappa shape index (κ2) is 6.75. The number of hydrogen-bond donors (Lipinski definition) is 1. The van der Waals surface area contributed by atoms with E-state index >= 15 is 0 Å². The predicted molar refractivity (Wildman–Crippen MR) is 72.0 cm³/mol. The normalized spacial score (nSPS) is 24.8. The van der Waals surface area contributed by atoms with Crippen LogP contribution in [0.4, 0.5) is 0 Å². The number of rotatable bonds is 5. The molecular formula is C15H24N2. The van der Waals surface area contributed by atoms with Crippen molar-refractivity contribution in [2.75, 3.05) is 6.54 Å². The Morgan fingerprint density at radius 1 is 1.24 bits per heavy atom. The SMILES string of the molecule is CCCNC1CCCCC1Cc1ccncc1. The van der Waals surface area contributed by atoms with Crippen molar-refractivity contribution in [2.24, 2.45) is 5.92 Å². The van der Waals surface area contributed by atoms with Crippen LogP contribution in [0.1, 0.15) is 44.6 Å². The van der Waals surface area contributed by atoms with Crippen molar-refractivity contribution in [2.45, 2.75) is 51.5 Å². The topological polar surface area (TPSA) is 24.9 Å². The first-order valence-corrected chi connectivity index (χ1v) is 7.02. The smallest absolute Gasteiger partial charge is 0.0270 e. The molecule has 0 aromatic carbocycles. The molecule has 2 heteroatoms. The van der Waals surface area contributed by atoms with Crippen molar-refractivity contribution in [1.29, 1.82) is 0 Å². The van der Waals surface area contributed by atoms with Gasteiger partial charge in [-0.25, -0.2) is 0 Å². The third kappa shape index (κ3) is 3.81. The molecule has 2 unspecified atom stereocenters. The van der Waals surface area contributed by atoms with E-state index in [0.717, 1.165) is 18.5 Å². The Labute approximate surface area is 105 Å². The summed E-state index contributed by atoms with van der Waals surface area (Å²) in [6, 6.07) is 5.05. The molecule has 0 radical (unpaired) electrons. The standard InChI is InChI=1S/C15H24N2/c1-2-9-17-15-6-4-3-5-14(15)12-13-7-10-16-11-8-13/h7-8,10-11,14-15,17H,2-6,9,12H2,1H3. The molecule has 2 rings (SSSR count). The number of nitrogens with one attached hydrogen (secondary N) is 1. The number of pyridine rings is 1. The van der Waals surface area contributed by atoms with Crippen LogP contribution in [0.5, 0.6) is 0 Å². The van der Waals surface area contributed by atoms with Gasteiger partial charge in [0, 0.05) is 18.4 Å². The van der Waals surface area contributed by atoms with E-state index in [2.05, 4.69) is 29.4 Å². The Hall–Kier alpha value is -0.890. The van der Waals surface area contributed by atoms with E-state index in [1.165, 1.54) is 44.1 Å². The lowest BCUT2D eigenvalue weighted by molar-refractivity contribution is 0.261. The van der Waals surface area contributed by atoms with Crippen LogP contribution in [0.25, 0.3) is 0 Å². The van der Waals surface area contributed by atoms with Gasteiger partial charge in [-0.05, 0) is 55.8 Å². The van der Waals surface area contributed by atoms with E-state index in [4.69, 9.17) is 0 Å². The molecule has 0 spiro atoms. The van der Waals surface area contributed by atoms with Crippen molar-refractivity contribution in [1.82, 2.24) is 10.3 Å². The van der Waals surface area contributed by atoms with Crippen molar-refractivity contribution >= 4 is 0 Å². The minimum Gasteiger partial charge on any atom is -0.314 e. The third-order valence-corrected chi connectivity index (χ3v) is 3.81. The summed E-state index contributed by atoms with van der Waals surface area (Å²) < 4.78 is 0. The summed E-state index contributed by atoms with van der Waals surface area (Å²) in [5, 5.41) is 3.73. The molecule has 0 saturated heterocycles. The minimum atomic E-state index is 0.733. The molecule has 1 aliphatic rings. The van der Waals surface area contributed by atoms with Crippen molar-refractivity contribution in [3.63, 3.8) is 0 Å². The monoisotopic (exact) mass is 232 g/mol. The molecule has 94 valence electrons. The molecular weight excluding hydrogens is 208 g/mol. The van der Waals surface area contributed by atoms with Gasteiger partial charge < -0.3 is 5.32 Å². The molecule has 1 aliphatic carbocycles. The van der Waals surface area contributed by atoms with Crippen LogP contribution in [0.2, 0.25) is 0 Å². The molecule has 0 bridgehead atoms. The highest BCUT2D eigenvalue weighted by atomic mass is 14.9. The van der Waals surface area contributed by atoms with E-state index in [0.29, 0.717) is 0 Å². The lowest BCUT2D eigenvalue weighted by Gasteiger charge is -2.32. The minimum absolute atomic E-state index is 0.733. The Morgan fingerprint density at radius 3 is 2.76 bits per heavy atom.